The first-order valence-electron chi connectivity index (χ1n) is 10.2. The average molecular weight is 461 g/mol. The molecule has 174 valence electrons. The summed E-state index contributed by atoms with van der Waals surface area (Å²) < 4.78 is 42.8. The predicted molar refractivity (Wildman–Crippen MR) is 113 cm³/mol. The zero-order valence-corrected chi connectivity index (χ0v) is 18.0. The summed E-state index contributed by atoms with van der Waals surface area (Å²) in [6.45, 7) is 2.86. The molecular formula is C22H22F3N5O3. The molecule has 0 unspecified atom stereocenters. The van der Waals surface area contributed by atoms with Crippen LogP contribution in [0.3, 0.4) is 0 Å². The van der Waals surface area contributed by atoms with Crippen LogP contribution in [0.2, 0.25) is 0 Å². The molecule has 0 radical (unpaired) electrons. The minimum Gasteiger partial charge on any atom is -0.406 e. The van der Waals surface area contributed by atoms with Gasteiger partial charge in [0.1, 0.15) is 22.8 Å². The zero-order valence-electron chi connectivity index (χ0n) is 18.0. The average Bonchev–Trinajstić information content (AvgIpc) is 3.02. The van der Waals surface area contributed by atoms with Crippen molar-refractivity contribution in [3.05, 3.63) is 29.8 Å². The maximum atomic E-state index is 12.5. The number of alkyl halides is 3. The molecule has 1 aromatic carbocycles. The topological polar surface area (TPSA) is 102 Å². The van der Waals surface area contributed by atoms with Crippen LogP contribution in [0.5, 0.6) is 5.75 Å². The molecule has 1 saturated carbocycles. The second-order valence-electron chi connectivity index (χ2n) is 8.30. The molecule has 1 saturated heterocycles. The summed E-state index contributed by atoms with van der Waals surface area (Å²) in [5.41, 5.74) is 7.15. The Hall–Kier alpha value is -3.68. The SMILES string of the molecule is CC#CC(=O)N1CC2(CC(n3nc(-c4ccc(OC(F)(F)F)cc4)c(C(=O)NC)c3N)C2)C1. The van der Waals surface area contributed by atoms with Gasteiger partial charge in [-0.1, -0.05) is 5.92 Å². The van der Waals surface area contributed by atoms with E-state index in [4.69, 9.17) is 5.73 Å². The van der Waals surface area contributed by atoms with Crippen molar-refractivity contribution in [2.75, 3.05) is 25.9 Å². The van der Waals surface area contributed by atoms with E-state index < -0.39 is 12.3 Å². The van der Waals surface area contributed by atoms with E-state index in [9.17, 15) is 22.8 Å². The van der Waals surface area contributed by atoms with Crippen molar-refractivity contribution < 1.29 is 27.5 Å². The number of nitrogens with zero attached hydrogens (tertiary/aromatic N) is 3. The minimum absolute atomic E-state index is 0.00192. The van der Waals surface area contributed by atoms with Crippen LogP contribution < -0.4 is 15.8 Å². The van der Waals surface area contributed by atoms with Gasteiger partial charge in [-0.05, 0) is 50.0 Å². The first-order valence-corrected chi connectivity index (χ1v) is 10.2. The second kappa shape index (κ2) is 8.03. The maximum absolute atomic E-state index is 12.5. The molecule has 2 heterocycles. The molecule has 2 amide bonds. The fourth-order valence-corrected chi connectivity index (χ4v) is 4.56. The van der Waals surface area contributed by atoms with Gasteiger partial charge in [0.25, 0.3) is 11.8 Å². The molecule has 2 aliphatic rings. The van der Waals surface area contributed by atoms with Crippen LogP contribution in [0.1, 0.15) is 36.2 Å². The number of ether oxygens (including phenoxy) is 1. The molecule has 1 aliphatic heterocycles. The predicted octanol–water partition coefficient (Wildman–Crippen LogP) is 2.58. The van der Waals surface area contributed by atoms with Gasteiger partial charge < -0.3 is 20.7 Å². The number of nitrogens with one attached hydrogen (secondary N) is 1. The molecule has 8 nitrogen and oxygen atoms in total. The Kier molecular flexibility index (Phi) is 5.47. The quantitative estimate of drug-likeness (QED) is 0.682. The Bertz CT molecular complexity index is 1150. The third-order valence-electron chi connectivity index (χ3n) is 6.02. The van der Waals surface area contributed by atoms with Gasteiger partial charge in [0.05, 0.1) is 6.04 Å². The lowest BCUT2D eigenvalue weighted by Gasteiger charge is -2.58. The van der Waals surface area contributed by atoms with E-state index in [1.165, 1.54) is 19.2 Å². The number of rotatable bonds is 4. The van der Waals surface area contributed by atoms with Crippen molar-refractivity contribution in [2.45, 2.75) is 32.2 Å². The number of nitrogen functional groups attached to an aromatic ring is 1. The van der Waals surface area contributed by atoms with Gasteiger partial charge in [0.2, 0.25) is 0 Å². The smallest absolute Gasteiger partial charge is 0.406 e. The van der Waals surface area contributed by atoms with Gasteiger partial charge in [0.15, 0.2) is 0 Å². The van der Waals surface area contributed by atoms with E-state index >= 15 is 0 Å². The van der Waals surface area contributed by atoms with E-state index in [0.717, 1.165) is 25.0 Å². The number of nitrogens with two attached hydrogens (primary N) is 1. The lowest BCUT2D eigenvalue weighted by Crippen LogP contribution is -2.63. The molecule has 2 aromatic rings. The third kappa shape index (κ3) is 4.20. The lowest BCUT2D eigenvalue weighted by molar-refractivity contribution is -0.274. The van der Waals surface area contributed by atoms with Crippen LogP contribution in [-0.2, 0) is 4.79 Å². The molecule has 2 fully saturated rings. The Morgan fingerprint density at radius 2 is 1.88 bits per heavy atom. The highest BCUT2D eigenvalue weighted by atomic mass is 19.4. The van der Waals surface area contributed by atoms with E-state index in [1.54, 1.807) is 16.5 Å². The molecule has 3 N–H and O–H groups in total. The molecule has 4 rings (SSSR count). The van der Waals surface area contributed by atoms with Crippen LogP contribution in [0.15, 0.2) is 24.3 Å². The van der Waals surface area contributed by atoms with Crippen LogP contribution in [0.4, 0.5) is 19.0 Å². The fourth-order valence-electron chi connectivity index (χ4n) is 4.56. The molecule has 0 bridgehead atoms. The van der Waals surface area contributed by atoms with Gasteiger partial charge in [-0.15, -0.1) is 13.2 Å². The monoisotopic (exact) mass is 461 g/mol. The van der Waals surface area contributed by atoms with Crippen molar-refractivity contribution in [2.24, 2.45) is 5.41 Å². The van der Waals surface area contributed by atoms with Crippen LogP contribution in [0, 0.1) is 17.3 Å². The number of carbonyl (C=O) groups is 2. The first-order chi connectivity index (χ1) is 15.6. The molecular weight excluding hydrogens is 439 g/mol. The molecule has 0 atom stereocenters. The number of carbonyl (C=O) groups excluding carboxylic acids is 2. The van der Waals surface area contributed by atoms with E-state index in [-0.39, 0.29) is 40.2 Å². The summed E-state index contributed by atoms with van der Waals surface area (Å²) in [4.78, 5) is 26.1. The molecule has 11 heteroatoms. The van der Waals surface area contributed by atoms with Gasteiger partial charge in [-0.25, -0.2) is 4.68 Å². The Balaban J connectivity index is 1.55. The van der Waals surface area contributed by atoms with Gasteiger partial charge >= 0.3 is 6.36 Å². The minimum atomic E-state index is -4.80. The van der Waals surface area contributed by atoms with Crippen molar-refractivity contribution in [3.63, 3.8) is 0 Å². The number of hydrogen-bond acceptors (Lipinski definition) is 5. The van der Waals surface area contributed by atoms with Crippen LogP contribution >= 0.6 is 0 Å². The lowest BCUT2D eigenvalue weighted by atomic mass is 9.60. The molecule has 1 aliphatic carbocycles. The number of anilines is 1. The highest BCUT2D eigenvalue weighted by molar-refractivity contribution is 6.04. The van der Waals surface area contributed by atoms with Crippen molar-refractivity contribution in [1.29, 1.82) is 0 Å². The Labute approximate surface area is 187 Å². The standard InChI is InChI=1S/C22H22F3N5O3/c1-3-4-16(31)29-11-21(12-29)9-14(10-21)30-19(26)17(20(32)27-2)18(28-30)13-5-7-15(8-6-13)33-22(23,24)25/h5-8,14H,9-12,26H2,1-2H3,(H,27,32). The second-order valence-corrected chi connectivity index (χ2v) is 8.30. The third-order valence-corrected chi connectivity index (χ3v) is 6.02. The maximum Gasteiger partial charge on any atom is 0.573 e. The molecule has 33 heavy (non-hydrogen) atoms. The summed E-state index contributed by atoms with van der Waals surface area (Å²) in [7, 11) is 1.46. The van der Waals surface area contributed by atoms with Crippen molar-refractivity contribution in [3.8, 4) is 28.8 Å². The van der Waals surface area contributed by atoms with Crippen molar-refractivity contribution in [1.82, 2.24) is 20.0 Å². The normalized spacial score (nSPS) is 16.9. The summed E-state index contributed by atoms with van der Waals surface area (Å²) in [5, 5.41) is 7.08. The number of halogens is 3. The van der Waals surface area contributed by atoms with Crippen LogP contribution in [0.25, 0.3) is 11.3 Å². The largest absolute Gasteiger partial charge is 0.573 e. The highest BCUT2D eigenvalue weighted by Gasteiger charge is 2.54. The summed E-state index contributed by atoms with van der Waals surface area (Å²) in [6, 6.07) is 5.05. The highest BCUT2D eigenvalue weighted by Crippen LogP contribution is 2.54. The van der Waals surface area contributed by atoms with Crippen molar-refractivity contribution >= 4 is 17.6 Å². The van der Waals surface area contributed by atoms with Gasteiger partial charge in [-0.3, -0.25) is 9.59 Å². The number of aromatic nitrogens is 2. The van der Waals surface area contributed by atoms with Gasteiger partial charge in [0, 0.05) is 31.1 Å². The summed E-state index contributed by atoms with van der Waals surface area (Å²) >= 11 is 0. The summed E-state index contributed by atoms with van der Waals surface area (Å²) in [6.07, 6.45) is -3.31. The zero-order chi connectivity index (χ0) is 24.0. The number of benzene rings is 1. The number of hydrogen-bond donors (Lipinski definition) is 2. The fraction of sp³-hybridized carbons (Fsp3) is 0.409. The van der Waals surface area contributed by atoms with E-state index in [2.05, 4.69) is 27.0 Å². The summed E-state index contributed by atoms with van der Waals surface area (Å²) in [5.74, 6) is 4.31. The van der Waals surface area contributed by atoms with E-state index in [0.29, 0.717) is 18.7 Å². The van der Waals surface area contributed by atoms with E-state index in [1.807, 2.05) is 0 Å². The Morgan fingerprint density at radius 3 is 2.42 bits per heavy atom. The van der Waals surface area contributed by atoms with Gasteiger partial charge in [-0.2, -0.15) is 5.10 Å². The molecule has 1 spiro atoms. The van der Waals surface area contributed by atoms with Crippen LogP contribution in [-0.4, -0.2) is 53.0 Å². The number of likely N-dealkylation sites (tertiary alicyclic amines) is 1. The Morgan fingerprint density at radius 1 is 1.24 bits per heavy atom. The number of amides is 2. The molecule has 1 aromatic heterocycles. The first kappa shape index (κ1) is 22.5.